The van der Waals surface area contributed by atoms with E-state index in [9.17, 15) is 4.79 Å². The van der Waals surface area contributed by atoms with Crippen LogP contribution in [0.5, 0.6) is 5.75 Å². The number of hydrogen-bond acceptors (Lipinski definition) is 4. The predicted octanol–water partition coefficient (Wildman–Crippen LogP) is 4.38. The third-order valence-electron chi connectivity index (χ3n) is 6.24. The zero-order chi connectivity index (χ0) is 20.4. The Kier molecular flexibility index (Phi) is 5.76. The first-order valence-electron chi connectivity index (χ1n) is 10.8. The van der Waals surface area contributed by atoms with Gasteiger partial charge in [-0.3, -0.25) is 4.79 Å². The Hall–Kier alpha value is -2.53. The van der Waals surface area contributed by atoms with E-state index < -0.39 is 0 Å². The molecule has 5 nitrogen and oxygen atoms in total. The van der Waals surface area contributed by atoms with Crippen molar-refractivity contribution >= 4 is 11.6 Å². The highest BCUT2D eigenvalue weighted by Crippen LogP contribution is 2.47. The highest BCUT2D eigenvalue weighted by Gasteiger charge is 2.40. The Bertz CT molecular complexity index is 861. The summed E-state index contributed by atoms with van der Waals surface area (Å²) in [5.41, 5.74) is 4.39. The van der Waals surface area contributed by atoms with Crippen LogP contribution in [0, 0.1) is 5.92 Å². The Balaban J connectivity index is 1.64. The molecule has 3 unspecified atom stereocenters. The molecule has 1 fully saturated rings. The number of nitrogens with one attached hydrogen (secondary N) is 2. The molecule has 2 aromatic rings. The fraction of sp³-hybridized carbons (Fsp3) is 0.458. The van der Waals surface area contributed by atoms with Crippen LogP contribution in [-0.2, 0) is 0 Å². The molecule has 0 spiro atoms. The second-order valence-corrected chi connectivity index (χ2v) is 7.79. The third kappa shape index (κ3) is 3.71. The summed E-state index contributed by atoms with van der Waals surface area (Å²) >= 11 is 0. The summed E-state index contributed by atoms with van der Waals surface area (Å²) < 4.78 is 5.60. The van der Waals surface area contributed by atoms with Gasteiger partial charge in [0.15, 0.2) is 0 Å². The maximum Gasteiger partial charge on any atom is 0.253 e. The van der Waals surface area contributed by atoms with Gasteiger partial charge in [-0.05, 0) is 75.2 Å². The van der Waals surface area contributed by atoms with Gasteiger partial charge in [0, 0.05) is 36.3 Å². The number of hydrogen-bond donors (Lipinski definition) is 2. The van der Waals surface area contributed by atoms with E-state index in [1.54, 1.807) is 0 Å². The molecule has 0 aliphatic carbocycles. The fourth-order valence-electron chi connectivity index (χ4n) is 4.74. The molecule has 0 saturated carbocycles. The molecule has 154 valence electrons. The van der Waals surface area contributed by atoms with Gasteiger partial charge >= 0.3 is 0 Å². The van der Waals surface area contributed by atoms with Gasteiger partial charge in [0.25, 0.3) is 5.91 Å². The Morgan fingerprint density at radius 1 is 1.07 bits per heavy atom. The highest BCUT2D eigenvalue weighted by molar-refractivity contribution is 5.95. The average Bonchev–Trinajstić information content (AvgIpc) is 3.25. The summed E-state index contributed by atoms with van der Waals surface area (Å²) in [4.78, 5) is 14.7. The molecule has 1 amide bonds. The van der Waals surface area contributed by atoms with Gasteiger partial charge in [-0.1, -0.05) is 12.1 Å². The lowest BCUT2D eigenvalue weighted by molar-refractivity contribution is 0.0773. The van der Waals surface area contributed by atoms with Crippen LogP contribution >= 0.6 is 0 Å². The van der Waals surface area contributed by atoms with Crippen molar-refractivity contribution in [3.05, 3.63) is 59.2 Å². The Labute approximate surface area is 173 Å². The number of carbonyl (C=O) groups excluding carboxylic acids is 1. The standard InChI is InChI=1S/C24H31N3O2/c1-4-27(5-2)24(28)17-9-12-21-20(15-17)23-19(13-14-25-23)22(26-21)16-7-10-18(11-8-16)29-6-3/h7-12,15,19,22-23,25-26H,4-6,13-14H2,1-3H3. The summed E-state index contributed by atoms with van der Waals surface area (Å²) in [7, 11) is 0. The second-order valence-electron chi connectivity index (χ2n) is 7.79. The first-order valence-corrected chi connectivity index (χ1v) is 10.8. The summed E-state index contributed by atoms with van der Waals surface area (Å²) in [6.45, 7) is 9.19. The molecule has 2 aromatic carbocycles. The highest BCUT2D eigenvalue weighted by atomic mass is 16.5. The van der Waals surface area contributed by atoms with Gasteiger partial charge < -0.3 is 20.3 Å². The van der Waals surface area contributed by atoms with Crippen molar-refractivity contribution in [2.45, 2.75) is 39.3 Å². The van der Waals surface area contributed by atoms with E-state index in [0.29, 0.717) is 12.5 Å². The van der Waals surface area contributed by atoms with E-state index in [1.807, 2.05) is 31.7 Å². The topological polar surface area (TPSA) is 53.6 Å². The molecule has 5 heteroatoms. The number of amides is 1. The quantitative estimate of drug-likeness (QED) is 0.765. The number of nitrogens with zero attached hydrogens (tertiary/aromatic N) is 1. The Morgan fingerprint density at radius 2 is 1.83 bits per heavy atom. The number of ether oxygens (including phenoxy) is 1. The normalized spacial score (nSPS) is 22.4. The summed E-state index contributed by atoms with van der Waals surface area (Å²) in [5, 5.41) is 7.43. The first kappa shape index (κ1) is 19.8. The van der Waals surface area contributed by atoms with Crippen molar-refractivity contribution < 1.29 is 9.53 Å². The van der Waals surface area contributed by atoms with E-state index in [2.05, 4.69) is 47.0 Å². The van der Waals surface area contributed by atoms with Gasteiger partial charge in [-0.15, -0.1) is 0 Å². The van der Waals surface area contributed by atoms with Crippen LogP contribution in [0.4, 0.5) is 5.69 Å². The number of carbonyl (C=O) groups is 1. The molecular weight excluding hydrogens is 362 g/mol. The van der Waals surface area contributed by atoms with Crippen LogP contribution in [0.25, 0.3) is 0 Å². The minimum absolute atomic E-state index is 0.112. The van der Waals surface area contributed by atoms with Gasteiger partial charge in [-0.25, -0.2) is 0 Å². The number of benzene rings is 2. The van der Waals surface area contributed by atoms with Crippen molar-refractivity contribution in [1.82, 2.24) is 10.2 Å². The fourth-order valence-corrected chi connectivity index (χ4v) is 4.74. The van der Waals surface area contributed by atoms with Gasteiger partial charge in [0.2, 0.25) is 0 Å². The first-order chi connectivity index (χ1) is 14.2. The van der Waals surface area contributed by atoms with Crippen LogP contribution in [0.15, 0.2) is 42.5 Å². The molecule has 1 saturated heterocycles. The summed E-state index contributed by atoms with van der Waals surface area (Å²) in [6.07, 6.45) is 1.11. The molecule has 4 rings (SSSR count). The zero-order valence-corrected chi connectivity index (χ0v) is 17.6. The molecule has 0 bridgehead atoms. The van der Waals surface area contributed by atoms with Crippen LogP contribution in [0.1, 0.15) is 60.8 Å². The smallest absolute Gasteiger partial charge is 0.253 e. The van der Waals surface area contributed by atoms with Crippen molar-refractivity contribution in [3.8, 4) is 5.75 Å². The molecular formula is C24H31N3O2. The molecule has 3 atom stereocenters. The minimum atomic E-state index is 0.112. The monoisotopic (exact) mass is 393 g/mol. The maximum absolute atomic E-state index is 12.8. The third-order valence-corrected chi connectivity index (χ3v) is 6.24. The van der Waals surface area contributed by atoms with Gasteiger partial charge in [0.05, 0.1) is 12.6 Å². The van der Waals surface area contributed by atoms with Crippen molar-refractivity contribution in [2.75, 3.05) is 31.6 Å². The van der Waals surface area contributed by atoms with Gasteiger partial charge in [-0.2, -0.15) is 0 Å². The number of rotatable bonds is 6. The number of anilines is 1. The molecule has 2 aliphatic heterocycles. The Morgan fingerprint density at radius 3 is 2.52 bits per heavy atom. The van der Waals surface area contributed by atoms with Crippen LogP contribution < -0.4 is 15.4 Å². The molecule has 29 heavy (non-hydrogen) atoms. The van der Waals surface area contributed by atoms with E-state index in [0.717, 1.165) is 43.1 Å². The lowest BCUT2D eigenvalue weighted by atomic mass is 9.80. The van der Waals surface area contributed by atoms with Gasteiger partial charge in [0.1, 0.15) is 5.75 Å². The SMILES string of the molecule is CCOc1ccc(C2Nc3ccc(C(=O)N(CC)CC)cc3C3NCCC23)cc1. The molecule has 0 radical (unpaired) electrons. The summed E-state index contributed by atoms with van der Waals surface area (Å²) in [5.74, 6) is 1.48. The molecule has 2 N–H and O–H groups in total. The molecule has 2 heterocycles. The average molecular weight is 394 g/mol. The maximum atomic E-state index is 12.8. The molecule has 2 aliphatic rings. The molecule has 0 aromatic heterocycles. The van der Waals surface area contributed by atoms with E-state index >= 15 is 0 Å². The van der Waals surface area contributed by atoms with Crippen molar-refractivity contribution in [2.24, 2.45) is 5.92 Å². The van der Waals surface area contributed by atoms with E-state index in [1.165, 1.54) is 11.1 Å². The van der Waals surface area contributed by atoms with E-state index in [4.69, 9.17) is 4.74 Å². The lowest BCUT2D eigenvalue weighted by Gasteiger charge is -2.37. The predicted molar refractivity (Wildman–Crippen MR) is 117 cm³/mol. The largest absolute Gasteiger partial charge is 0.494 e. The van der Waals surface area contributed by atoms with Crippen LogP contribution in [0.3, 0.4) is 0 Å². The van der Waals surface area contributed by atoms with Crippen molar-refractivity contribution in [1.29, 1.82) is 0 Å². The van der Waals surface area contributed by atoms with E-state index in [-0.39, 0.29) is 18.0 Å². The van der Waals surface area contributed by atoms with Crippen LogP contribution in [-0.4, -0.2) is 37.0 Å². The lowest BCUT2D eigenvalue weighted by Crippen LogP contribution is -2.34. The number of fused-ring (bicyclic) bond motifs is 3. The zero-order valence-electron chi connectivity index (χ0n) is 17.6. The summed E-state index contributed by atoms with van der Waals surface area (Å²) in [6, 6.07) is 15.1. The van der Waals surface area contributed by atoms with Crippen molar-refractivity contribution in [3.63, 3.8) is 0 Å². The minimum Gasteiger partial charge on any atom is -0.494 e. The van der Waals surface area contributed by atoms with Crippen LogP contribution in [0.2, 0.25) is 0 Å². The second kappa shape index (κ2) is 8.46.